The molecule has 3 atom stereocenters. The molecule has 1 aliphatic carbocycles. The highest BCUT2D eigenvalue weighted by atomic mass is 15.2. The second-order valence-corrected chi connectivity index (χ2v) is 4.38. The van der Waals surface area contributed by atoms with Crippen molar-refractivity contribution in [3.05, 3.63) is 18.0 Å². The van der Waals surface area contributed by atoms with Crippen LogP contribution in [-0.4, -0.2) is 15.8 Å². The van der Waals surface area contributed by atoms with Gasteiger partial charge in [0.05, 0.1) is 6.20 Å². The summed E-state index contributed by atoms with van der Waals surface area (Å²) in [5, 5.41) is 4.15. The quantitative estimate of drug-likeness (QED) is 0.540. The first-order chi connectivity index (χ1) is 6.70. The molecule has 4 heteroatoms. The maximum Gasteiger partial charge on any atom is 0.0522 e. The predicted molar refractivity (Wildman–Crippen MR) is 55.3 cm³/mol. The number of aromatic nitrogens is 2. The second kappa shape index (κ2) is 3.71. The zero-order chi connectivity index (χ0) is 10.1. The fraction of sp³-hybridized carbons (Fsp3) is 0.700. The van der Waals surface area contributed by atoms with E-state index in [1.54, 1.807) is 0 Å². The maximum absolute atomic E-state index is 5.55. The van der Waals surface area contributed by atoms with Crippen molar-refractivity contribution in [1.82, 2.24) is 15.2 Å². The molecule has 1 aromatic rings. The Kier molecular flexibility index (Phi) is 2.56. The molecule has 0 saturated heterocycles. The third kappa shape index (κ3) is 1.96. The largest absolute Gasteiger partial charge is 0.276 e. The van der Waals surface area contributed by atoms with Crippen molar-refractivity contribution in [2.75, 3.05) is 0 Å². The molecule has 0 bridgehead atoms. The van der Waals surface area contributed by atoms with E-state index >= 15 is 0 Å². The Morgan fingerprint density at radius 1 is 1.79 bits per heavy atom. The van der Waals surface area contributed by atoms with Gasteiger partial charge in [-0.1, -0.05) is 6.92 Å². The van der Waals surface area contributed by atoms with Crippen molar-refractivity contribution in [2.24, 2.45) is 24.7 Å². The molecular formula is C10H18N4. The first-order valence-electron chi connectivity index (χ1n) is 5.14. The lowest BCUT2D eigenvalue weighted by molar-refractivity contribution is 0.454. The van der Waals surface area contributed by atoms with Crippen LogP contribution in [0.15, 0.2) is 12.4 Å². The monoisotopic (exact) mass is 194 g/mol. The van der Waals surface area contributed by atoms with Gasteiger partial charge in [-0.15, -0.1) is 0 Å². The number of rotatable bonds is 4. The molecule has 0 radical (unpaired) electrons. The average Bonchev–Trinajstić information content (AvgIpc) is 2.72. The Hall–Kier alpha value is -0.870. The van der Waals surface area contributed by atoms with E-state index in [0.717, 1.165) is 18.3 Å². The topological polar surface area (TPSA) is 55.9 Å². The van der Waals surface area contributed by atoms with Gasteiger partial charge in [-0.25, -0.2) is 0 Å². The van der Waals surface area contributed by atoms with E-state index < -0.39 is 0 Å². The molecule has 4 nitrogen and oxygen atoms in total. The summed E-state index contributed by atoms with van der Waals surface area (Å²) in [4.78, 5) is 0. The van der Waals surface area contributed by atoms with Gasteiger partial charge in [-0.05, 0) is 30.2 Å². The zero-order valence-electron chi connectivity index (χ0n) is 8.77. The van der Waals surface area contributed by atoms with E-state index in [4.69, 9.17) is 5.84 Å². The number of nitrogens with zero attached hydrogens (tertiary/aromatic N) is 2. The van der Waals surface area contributed by atoms with Gasteiger partial charge in [0, 0.05) is 19.3 Å². The molecule has 0 aromatic carbocycles. The minimum atomic E-state index is 0.411. The van der Waals surface area contributed by atoms with Gasteiger partial charge in [0.1, 0.15) is 0 Å². The van der Waals surface area contributed by atoms with Crippen molar-refractivity contribution in [1.29, 1.82) is 0 Å². The first-order valence-corrected chi connectivity index (χ1v) is 5.14. The summed E-state index contributed by atoms with van der Waals surface area (Å²) < 4.78 is 1.83. The summed E-state index contributed by atoms with van der Waals surface area (Å²) in [5.41, 5.74) is 4.17. The summed E-state index contributed by atoms with van der Waals surface area (Å²) in [6.07, 6.45) is 6.25. The number of nitrogens with one attached hydrogen (secondary N) is 1. The van der Waals surface area contributed by atoms with Gasteiger partial charge >= 0.3 is 0 Å². The van der Waals surface area contributed by atoms with Crippen LogP contribution in [0.1, 0.15) is 18.9 Å². The number of hydrogen-bond donors (Lipinski definition) is 2. The van der Waals surface area contributed by atoms with Crippen molar-refractivity contribution in [3.8, 4) is 0 Å². The smallest absolute Gasteiger partial charge is 0.0522 e. The third-order valence-corrected chi connectivity index (χ3v) is 3.12. The van der Waals surface area contributed by atoms with E-state index in [9.17, 15) is 0 Å². The Morgan fingerprint density at radius 2 is 2.50 bits per heavy atom. The standard InChI is InChI=1S/C10H18N4/c1-7-3-9(7)10(13-11)4-8-5-12-14(2)6-8/h5-7,9-10,13H,3-4,11H2,1-2H3. The minimum absolute atomic E-state index is 0.411. The Balaban J connectivity index is 1.94. The number of hydrazine groups is 1. The molecule has 14 heavy (non-hydrogen) atoms. The lowest BCUT2D eigenvalue weighted by Crippen LogP contribution is -2.38. The van der Waals surface area contributed by atoms with Crippen LogP contribution in [0.2, 0.25) is 0 Å². The van der Waals surface area contributed by atoms with Crippen LogP contribution in [0, 0.1) is 11.8 Å². The average molecular weight is 194 g/mol. The van der Waals surface area contributed by atoms with Crippen molar-refractivity contribution in [3.63, 3.8) is 0 Å². The fourth-order valence-corrected chi connectivity index (χ4v) is 2.08. The molecule has 1 aliphatic rings. The molecule has 1 aromatic heterocycles. The maximum atomic E-state index is 5.55. The molecule has 3 N–H and O–H groups in total. The van der Waals surface area contributed by atoms with Gasteiger partial charge in [-0.3, -0.25) is 16.0 Å². The lowest BCUT2D eigenvalue weighted by Gasteiger charge is -2.13. The van der Waals surface area contributed by atoms with Gasteiger partial charge in [0.15, 0.2) is 0 Å². The molecular weight excluding hydrogens is 176 g/mol. The summed E-state index contributed by atoms with van der Waals surface area (Å²) in [6, 6.07) is 0.411. The summed E-state index contributed by atoms with van der Waals surface area (Å²) in [7, 11) is 1.94. The van der Waals surface area contributed by atoms with E-state index in [1.165, 1.54) is 12.0 Å². The SMILES string of the molecule is CC1CC1C(Cc1cnn(C)c1)NN. The van der Waals surface area contributed by atoms with Gasteiger partial charge in [0.25, 0.3) is 0 Å². The van der Waals surface area contributed by atoms with Crippen LogP contribution in [-0.2, 0) is 13.5 Å². The van der Waals surface area contributed by atoms with E-state index in [2.05, 4.69) is 23.6 Å². The summed E-state index contributed by atoms with van der Waals surface area (Å²) in [6.45, 7) is 2.28. The van der Waals surface area contributed by atoms with Gasteiger partial charge in [0.2, 0.25) is 0 Å². The van der Waals surface area contributed by atoms with Gasteiger partial charge in [-0.2, -0.15) is 5.10 Å². The van der Waals surface area contributed by atoms with Crippen LogP contribution < -0.4 is 11.3 Å². The lowest BCUT2D eigenvalue weighted by atomic mass is 10.0. The Labute approximate surface area is 84.4 Å². The Bertz CT molecular complexity index is 307. The highest BCUT2D eigenvalue weighted by Crippen LogP contribution is 2.41. The predicted octanol–water partition coefficient (Wildman–Crippen LogP) is 0.451. The van der Waals surface area contributed by atoms with Crippen LogP contribution in [0.5, 0.6) is 0 Å². The van der Waals surface area contributed by atoms with E-state index in [0.29, 0.717) is 6.04 Å². The molecule has 2 rings (SSSR count). The van der Waals surface area contributed by atoms with E-state index in [1.807, 2.05) is 17.9 Å². The molecule has 0 spiro atoms. The summed E-state index contributed by atoms with van der Waals surface area (Å²) in [5.74, 6) is 7.13. The van der Waals surface area contributed by atoms with E-state index in [-0.39, 0.29) is 0 Å². The molecule has 1 fully saturated rings. The van der Waals surface area contributed by atoms with Crippen LogP contribution in [0.3, 0.4) is 0 Å². The zero-order valence-corrected chi connectivity index (χ0v) is 8.77. The van der Waals surface area contributed by atoms with Crippen molar-refractivity contribution in [2.45, 2.75) is 25.8 Å². The summed E-state index contributed by atoms with van der Waals surface area (Å²) >= 11 is 0. The third-order valence-electron chi connectivity index (χ3n) is 3.12. The van der Waals surface area contributed by atoms with Crippen molar-refractivity contribution >= 4 is 0 Å². The molecule has 0 aliphatic heterocycles. The minimum Gasteiger partial charge on any atom is -0.276 e. The second-order valence-electron chi connectivity index (χ2n) is 4.38. The van der Waals surface area contributed by atoms with Crippen LogP contribution in [0.25, 0.3) is 0 Å². The molecule has 0 amide bonds. The highest BCUT2D eigenvalue weighted by Gasteiger charge is 2.38. The molecule has 1 saturated carbocycles. The first kappa shape index (κ1) is 9.68. The molecule has 78 valence electrons. The Morgan fingerprint density at radius 3 is 2.93 bits per heavy atom. The van der Waals surface area contributed by atoms with Gasteiger partial charge < -0.3 is 0 Å². The highest BCUT2D eigenvalue weighted by molar-refractivity contribution is 5.08. The van der Waals surface area contributed by atoms with Crippen molar-refractivity contribution < 1.29 is 0 Å². The number of hydrogen-bond acceptors (Lipinski definition) is 3. The number of aryl methyl sites for hydroxylation is 1. The van der Waals surface area contributed by atoms with Crippen LogP contribution >= 0.6 is 0 Å². The molecule has 1 heterocycles. The number of nitrogens with two attached hydrogens (primary N) is 1. The normalized spacial score (nSPS) is 27.6. The fourth-order valence-electron chi connectivity index (χ4n) is 2.08. The molecule has 3 unspecified atom stereocenters. The van der Waals surface area contributed by atoms with Crippen LogP contribution in [0.4, 0.5) is 0 Å².